The van der Waals surface area contributed by atoms with Crippen molar-refractivity contribution in [2.24, 2.45) is 0 Å². The number of hydrogen-bond donors (Lipinski definition) is 1. The molecule has 1 atom stereocenters. The van der Waals surface area contributed by atoms with Gasteiger partial charge in [-0.1, -0.05) is 39.5 Å². The lowest BCUT2D eigenvalue weighted by Gasteiger charge is -2.28. The van der Waals surface area contributed by atoms with Crippen LogP contribution in [0.4, 0.5) is 0 Å². The SMILES string of the molecule is CCCCCCC1(CC)CCCN1. The Labute approximate surface area is 83.3 Å². The van der Waals surface area contributed by atoms with Gasteiger partial charge in [0.2, 0.25) is 0 Å². The van der Waals surface area contributed by atoms with E-state index in [2.05, 4.69) is 19.2 Å². The standard InChI is InChI=1S/C12H25N/c1-3-5-6-7-9-12(4-2)10-8-11-13-12/h13H,3-11H2,1-2H3. The predicted octanol–water partition coefficient (Wildman–Crippen LogP) is 3.49. The Hall–Kier alpha value is -0.0400. The van der Waals surface area contributed by atoms with E-state index in [4.69, 9.17) is 0 Å². The van der Waals surface area contributed by atoms with Crippen LogP contribution >= 0.6 is 0 Å². The van der Waals surface area contributed by atoms with Gasteiger partial charge in [0.15, 0.2) is 0 Å². The fourth-order valence-corrected chi connectivity index (χ4v) is 2.45. The molecule has 1 fully saturated rings. The molecule has 0 aromatic carbocycles. The van der Waals surface area contributed by atoms with Gasteiger partial charge in [0.1, 0.15) is 0 Å². The Balaban J connectivity index is 2.16. The number of hydrogen-bond acceptors (Lipinski definition) is 1. The average Bonchev–Trinajstić information content (AvgIpc) is 2.62. The molecule has 0 aliphatic carbocycles. The van der Waals surface area contributed by atoms with Crippen molar-refractivity contribution in [3.05, 3.63) is 0 Å². The molecule has 1 heteroatoms. The summed E-state index contributed by atoms with van der Waals surface area (Å²) in [5.41, 5.74) is 0.535. The summed E-state index contributed by atoms with van der Waals surface area (Å²) in [5.74, 6) is 0. The van der Waals surface area contributed by atoms with Crippen LogP contribution in [0.15, 0.2) is 0 Å². The van der Waals surface area contributed by atoms with Gasteiger partial charge < -0.3 is 5.32 Å². The summed E-state index contributed by atoms with van der Waals surface area (Å²) in [6.07, 6.45) is 11.2. The molecular weight excluding hydrogens is 158 g/mol. The molecule has 1 aliphatic heterocycles. The molecule has 1 saturated heterocycles. The minimum Gasteiger partial charge on any atom is -0.311 e. The van der Waals surface area contributed by atoms with Crippen molar-refractivity contribution in [3.8, 4) is 0 Å². The van der Waals surface area contributed by atoms with E-state index in [0.717, 1.165) is 0 Å². The van der Waals surface area contributed by atoms with Crippen molar-refractivity contribution < 1.29 is 0 Å². The van der Waals surface area contributed by atoms with Crippen molar-refractivity contribution in [2.75, 3.05) is 6.54 Å². The summed E-state index contributed by atoms with van der Waals surface area (Å²) in [5, 5.41) is 3.70. The highest BCUT2D eigenvalue weighted by atomic mass is 15.0. The molecule has 0 aromatic rings. The molecule has 1 N–H and O–H groups in total. The first-order chi connectivity index (χ1) is 6.33. The van der Waals surface area contributed by atoms with Crippen molar-refractivity contribution >= 4 is 0 Å². The Morgan fingerprint density at radius 3 is 2.54 bits per heavy atom. The van der Waals surface area contributed by atoms with Gasteiger partial charge in [0.05, 0.1) is 0 Å². The van der Waals surface area contributed by atoms with Gasteiger partial charge in [-0.2, -0.15) is 0 Å². The van der Waals surface area contributed by atoms with E-state index >= 15 is 0 Å². The van der Waals surface area contributed by atoms with Crippen LogP contribution in [0.1, 0.15) is 65.2 Å². The monoisotopic (exact) mass is 183 g/mol. The molecule has 0 spiro atoms. The van der Waals surface area contributed by atoms with Crippen LogP contribution in [0.5, 0.6) is 0 Å². The normalized spacial score (nSPS) is 28.2. The largest absolute Gasteiger partial charge is 0.311 e. The number of rotatable bonds is 6. The smallest absolute Gasteiger partial charge is 0.0179 e. The van der Waals surface area contributed by atoms with E-state index in [1.807, 2.05) is 0 Å². The number of nitrogens with one attached hydrogen (secondary N) is 1. The van der Waals surface area contributed by atoms with Crippen LogP contribution in [0, 0.1) is 0 Å². The van der Waals surface area contributed by atoms with Gasteiger partial charge in [-0.25, -0.2) is 0 Å². The maximum Gasteiger partial charge on any atom is 0.0179 e. The average molecular weight is 183 g/mol. The predicted molar refractivity (Wildman–Crippen MR) is 59.0 cm³/mol. The Kier molecular flexibility index (Phi) is 4.79. The zero-order valence-electron chi connectivity index (χ0n) is 9.36. The third kappa shape index (κ3) is 3.30. The first-order valence-corrected chi connectivity index (χ1v) is 6.08. The topological polar surface area (TPSA) is 12.0 Å². The van der Waals surface area contributed by atoms with Gasteiger partial charge in [-0.3, -0.25) is 0 Å². The highest BCUT2D eigenvalue weighted by Crippen LogP contribution is 2.28. The van der Waals surface area contributed by atoms with Crippen LogP contribution < -0.4 is 5.32 Å². The van der Waals surface area contributed by atoms with Crippen LogP contribution in [-0.2, 0) is 0 Å². The number of unbranched alkanes of at least 4 members (excludes halogenated alkanes) is 3. The minimum absolute atomic E-state index is 0.535. The van der Waals surface area contributed by atoms with Gasteiger partial charge in [0.25, 0.3) is 0 Å². The highest BCUT2D eigenvalue weighted by molar-refractivity contribution is 4.91. The van der Waals surface area contributed by atoms with E-state index in [0.29, 0.717) is 5.54 Å². The third-order valence-electron chi connectivity index (χ3n) is 3.52. The van der Waals surface area contributed by atoms with E-state index in [1.54, 1.807) is 0 Å². The molecule has 0 amide bonds. The Morgan fingerprint density at radius 1 is 1.15 bits per heavy atom. The molecule has 1 nitrogen and oxygen atoms in total. The highest BCUT2D eigenvalue weighted by Gasteiger charge is 2.30. The lowest BCUT2D eigenvalue weighted by Crippen LogP contribution is -2.38. The van der Waals surface area contributed by atoms with Crippen LogP contribution in [0.25, 0.3) is 0 Å². The molecular formula is C12H25N. The molecule has 0 saturated carbocycles. The molecule has 1 aliphatic rings. The minimum atomic E-state index is 0.535. The van der Waals surface area contributed by atoms with Gasteiger partial charge in [-0.15, -0.1) is 0 Å². The summed E-state index contributed by atoms with van der Waals surface area (Å²) in [6, 6.07) is 0. The molecule has 78 valence electrons. The second-order valence-electron chi connectivity index (χ2n) is 4.47. The van der Waals surface area contributed by atoms with Crippen LogP contribution in [0.3, 0.4) is 0 Å². The van der Waals surface area contributed by atoms with Crippen molar-refractivity contribution in [1.29, 1.82) is 0 Å². The van der Waals surface area contributed by atoms with Crippen molar-refractivity contribution in [3.63, 3.8) is 0 Å². The lowest BCUT2D eigenvalue weighted by molar-refractivity contribution is 0.322. The van der Waals surface area contributed by atoms with Crippen LogP contribution in [-0.4, -0.2) is 12.1 Å². The van der Waals surface area contributed by atoms with Crippen molar-refractivity contribution in [2.45, 2.75) is 70.8 Å². The molecule has 1 unspecified atom stereocenters. The molecule has 1 rings (SSSR count). The van der Waals surface area contributed by atoms with Gasteiger partial charge in [-0.05, 0) is 32.2 Å². The van der Waals surface area contributed by atoms with E-state index in [1.165, 1.54) is 57.9 Å². The van der Waals surface area contributed by atoms with Gasteiger partial charge in [0, 0.05) is 5.54 Å². The zero-order valence-corrected chi connectivity index (χ0v) is 9.36. The van der Waals surface area contributed by atoms with Gasteiger partial charge >= 0.3 is 0 Å². The van der Waals surface area contributed by atoms with Crippen LogP contribution in [0.2, 0.25) is 0 Å². The van der Waals surface area contributed by atoms with E-state index in [9.17, 15) is 0 Å². The van der Waals surface area contributed by atoms with E-state index in [-0.39, 0.29) is 0 Å². The maximum atomic E-state index is 3.70. The summed E-state index contributed by atoms with van der Waals surface area (Å²) in [7, 11) is 0. The van der Waals surface area contributed by atoms with Crippen molar-refractivity contribution in [1.82, 2.24) is 5.32 Å². The summed E-state index contributed by atoms with van der Waals surface area (Å²) < 4.78 is 0. The fraction of sp³-hybridized carbons (Fsp3) is 1.00. The molecule has 0 bridgehead atoms. The fourth-order valence-electron chi connectivity index (χ4n) is 2.45. The molecule has 1 heterocycles. The Bertz CT molecular complexity index is 125. The molecule has 0 radical (unpaired) electrons. The second kappa shape index (κ2) is 5.64. The first-order valence-electron chi connectivity index (χ1n) is 6.08. The zero-order chi connectivity index (χ0) is 9.57. The quantitative estimate of drug-likeness (QED) is 0.622. The second-order valence-corrected chi connectivity index (χ2v) is 4.47. The molecule has 13 heavy (non-hydrogen) atoms. The first kappa shape index (κ1) is 11.0. The van der Waals surface area contributed by atoms with E-state index < -0.39 is 0 Å². The maximum absolute atomic E-state index is 3.70. The summed E-state index contributed by atoms with van der Waals surface area (Å²) in [4.78, 5) is 0. The lowest BCUT2D eigenvalue weighted by atomic mass is 9.88. The molecule has 0 aromatic heterocycles. The summed E-state index contributed by atoms with van der Waals surface area (Å²) >= 11 is 0. The summed E-state index contributed by atoms with van der Waals surface area (Å²) in [6.45, 7) is 5.86. The third-order valence-corrected chi connectivity index (χ3v) is 3.52. The Morgan fingerprint density at radius 2 is 2.00 bits per heavy atom.